The lowest BCUT2D eigenvalue weighted by Crippen LogP contribution is -2.43. The van der Waals surface area contributed by atoms with Crippen LogP contribution in [0.25, 0.3) is 0 Å². The van der Waals surface area contributed by atoms with Crippen LogP contribution < -0.4 is 17.2 Å². The molecule has 0 aromatic carbocycles. The Morgan fingerprint density at radius 2 is 1.81 bits per heavy atom. The van der Waals surface area contributed by atoms with E-state index < -0.39 is 5.41 Å². The van der Waals surface area contributed by atoms with Crippen LogP contribution >= 0.6 is 0 Å². The van der Waals surface area contributed by atoms with Gasteiger partial charge in [-0.2, -0.15) is 0 Å². The van der Waals surface area contributed by atoms with Crippen LogP contribution in [0.4, 0.5) is 0 Å². The average Bonchev–Trinajstić information content (AvgIpc) is 2.40. The minimum Gasteiger partial charge on any atom is -0.388 e. The van der Waals surface area contributed by atoms with Crippen LogP contribution in [0.5, 0.6) is 0 Å². The highest BCUT2D eigenvalue weighted by Gasteiger charge is 2.41. The third-order valence-electron chi connectivity index (χ3n) is 4.28. The van der Waals surface area contributed by atoms with Gasteiger partial charge in [0.15, 0.2) is 0 Å². The highest BCUT2D eigenvalue weighted by Crippen LogP contribution is 2.42. The molecule has 2 atom stereocenters. The number of unbranched alkanes of at least 4 members (excludes halogenated alkanes) is 1. The summed E-state index contributed by atoms with van der Waals surface area (Å²) in [6.07, 6.45) is 6.38. The zero-order chi connectivity index (χ0) is 16.5. The van der Waals surface area contributed by atoms with Crippen molar-refractivity contribution >= 4 is 11.7 Å². The summed E-state index contributed by atoms with van der Waals surface area (Å²) in [5.41, 5.74) is 16.7. The second-order valence-electron chi connectivity index (χ2n) is 6.11. The summed E-state index contributed by atoms with van der Waals surface area (Å²) in [6, 6.07) is -0.0777. The quantitative estimate of drug-likeness (QED) is 0.327. The summed E-state index contributed by atoms with van der Waals surface area (Å²) in [5.74, 6) is 1.01. The maximum absolute atomic E-state index is 12.1. The normalized spacial score (nSPS) is 15.7. The Balaban J connectivity index is 4.87. The van der Waals surface area contributed by atoms with Gasteiger partial charge >= 0.3 is 0 Å². The van der Waals surface area contributed by atoms with Crippen molar-refractivity contribution in [2.45, 2.75) is 78.2 Å². The molecule has 21 heavy (non-hydrogen) atoms. The molecule has 0 aliphatic heterocycles. The van der Waals surface area contributed by atoms with Gasteiger partial charge in [-0.1, -0.05) is 40.0 Å². The molecule has 1 amide bonds. The smallest absolute Gasteiger partial charge is 0.224 e. The Bertz CT molecular complexity index is 332. The van der Waals surface area contributed by atoms with E-state index in [2.05, 4.69) is 13.8 Å². The van der Waals surface area contributed by atoms with E-state index in [-0.39, 0.29) is 17.8 Å². The van der Waals surface area contributed by atoms with Gasteiger partial charge < -0.3 is 17.2 Å². The molecule has 7 N–H and O–H groups in total. The third-order valence-corrected chi connectivity index (χ3v) is 4.28. The van der Waals surface area contributed by atoms with E-state index in [0.29, 0.717) is 19.3 Å². The summed E-state index contributed by atoms with van der Waals surface area (Å²) in [5, 5.41) is 7.26. The predicted molar refractivity (Wildman–Crippen MR) is 88.7 cm³/mol. The first-order valence-electron chi connectivity index (χ1n) is 8.01. The zero-order valence-corrected chi connectivity index (χ0v) is 13.9. The summed E-state index contributed by atoms with van der Waals surface area (Å²) >= 11 is 0. The second-order valence-corrected chi connectivity index (χ2v) is 6.11. The topological polar surface area (TPSA) is 119 Å². The van der Waals surface area contributed by atoms with E-state index in [0.717, 1.165) is 38.0 Å². The molecule has 0 rings (SSSR count). The molecule has 1 radical (unpaired) electrons. The van der Waals surface area contributed by atoms with Crippen LogP contribution in [0.2, 0.25) is 0 Å². The van der Waals surface area contributed by atoms with Crippen molar-refractivity contribution in [1.82, 2.24) is 0 Å². The molecule has 123 valence electrons. The molecule has 0 heterocycles. The van der Waals surface area contributed by atoms with Crippen LogP contribution in [-0.2, 0) is 4.79 Å². The molecule has 0 fully saturated rings. The maximum atomic E-state index is 12.1. The fourth-order valence-electron chi connectivity index (χ4n) is 2.95. The number of hydrogen-bond acceptors (Lipinski definition) is 3. The van der Waals surface area contributed by atoms with Gasteiger partial charge in [-0.15, -0.1) is 0 Å². The number of amidine groups is 1. The number of carbonyl (C=O) groups excluding carboxylic acids is 1. The minimum atomic E-state index is -0.529. The van der Waals surface area contributed by atoms with Crippen molar-refractivity contribution in [3.05, 3.63) is 5.92 Å². The van der Waals surface area contributed by atoms with Crippen LogP contribution in [0.1, 0.15) is 72.1 Å². The molecular weight excluding hydrogens is 264 g/mol. The summed E-state index contributed by atoms with van der Waals surface area (Å²) in [6.45, 7) is 6.20. The van der Waals surface area contributed by atoms with Crippen molar-refractivity contribution in [3.8, 4) is 0 Å². The van der Waals surface area contributed by atoms with Crippen molar-refractivity contribution in [1.29, 1.82) is 5.41 Å². The van der Waals surface area contributed by atoms with E-state index in [9.17, 15) is 4.79 Å². The van der Waals surface area contributed by atoms with E-state index in [1.54, 1.807) is 0 Å². The lowest BCUT2D eigenvalue weighted by Gasteiger charge is -2.37. The lowest BCUT2D eigenvalue weighted by atomic mass is 9.67. The van der Waals surface area contributed by atoms with Gasteiger partial charge in [0.25, 0.3) is 0 Å². The standard InChI is InChI=1S/C16H33N4O/c1-4-6-10-16(9-5-2,15(20)21)12(3)11-13(17)7-8-14(18)19/h13H,4-11,17H2,1-3H3,(H3,18,19)(H2,20,21). The molecule has 0 saturated heterocycles. The first kappa shape index (κ1) is 19.9. The van der Waals surface area contributed by atoms with E-state index in [1.807, 2.05) is 6.92 Å². The molecule has 5 nitrogen and oxygen atoms in total. The van der Waals surface area contributed by atoms with Gasteiger partial charge in [0.2, 0.25) is 5.91 Å². The monoisotopic (exact) mass is 297 g/mol. The van der Waals surface area contributed by atoms with Crippen molar-refractivity contribution in [3.63, 3.8) is 0 Å². The number of primary amides is 1. The Morgan fingerprint density at radius 3 is 2.24 bits per heavy atom. The first-order chi connectivity index (χ1) is 9.80. The molecule has 0 aromatic rings. The SMILES string of the molecule is CCCCC(CCC)([C](C)CC(N)CCC(=N)N)C(N)=O. The predicted octanol–water partition coefficient (Wildman–Crippen LogP) is 2.48. The average molecular weight is 297 g/mol. The number of nitrogens with one attached hydrogen (secondary N) is 1. The van der Waals surface area contributed by atoms with Crippen molar-refractivity contribution in [2.24, 2.45) is 22.6 Å². The number of amides is 1. The highest BCUT2D eigenvalue weighted by molar-refractivity contribution is 5.83. The minimum absolute atomic E-state index is 0.0777. The first-order valence-corrected chi connectivity index (χ1v) is 8.01. The van der Waals surface area contributed by atoms with Gasteiger partial charge in [0.05, 0.1) is 11.3 Å². The van der Waals surface area contributed by atoms with E-state index >= 15 is 0 Å². The molecule has 0 aromatic heterocycles. The Labute approximate surface area is 129 Å². The fraction of sp³-hybridized carbons (Fsp3) is 0.812. The molecular formula is C16H33N4O. The van der Waals surface area contributed by atoms with Gasteiger partial charge in [-0.3, -0.25) is 10.2 Å². The molecule has 0 saturated carbocycles. The molecule has 2 unspecified atom stereocenters. The summed E-state index contributed by atoms with van der Waals surface area (Å²) in [4.78, 5) is 12.1. The number of carbonyl (C=O) groups is 1. The zero-order valence-electron chi connectivity index (χ0n) is 13.9. The van der Waals surface area contributed by atoms with Gasteiger partial charge in [-0.25, -0.2) is 0 Å². The van der Waals surface area contributed by atoms with Crippen LogP contribution in [-0.4, -0.2) is 17.8 Å². The van der Waals surface area contributed by atoms with E-state index in [1.165, 1.54) is 0 Å². The van der Waals surface area contributed by atoms with Gasteiger partial charge in [0.1, 0.15) is 0 Å². The number of rotatable bonds is 12. The number of hydrogen-bond donors (Lipinski definition) is 4. The number of nitrogens with two attached hydrogens (primary N) is 3. The van der Waals surface area contributed by atoms with Crippen LogP contribution in [0.15, 0.2) is 0 Å². The molecule has 0 spiro atoms. The van der Waals surface area contributed by atoms with Gasteiger partial charge in [-0.05, 0) is 31.6 Å². The lowest BCUT2D eigenvalue weighted by molar-refractivity contribution is -0.127. The molecule has 0 aliphatic carbocycles. The van der Waals surface area contributed by atoms with Crippen LogP contribution in [0, 0.1) is 16.7 Å². The Hall–Kier alpha value is -1.10. The maximum Gasteiger partial charge on any atom is 0.224 e. The van der Waals surface area contributed by atoms with E-state index in [4.69, 9.17) is 22.6 Å². The van der Waals surface area contributed by atoms with Crippen molar-refractivity contribution < 1.29 is 4.79 Å². The molecule has 0 aliphatic rings. The third kappa shape index (κ3) is 6.46. The summed E-state index contributed by atoms with van der Waals surface area (Å²) < 4.78 is 0. The van der Waals surface area contributed by atoms with Crippen molar-refractivity contribution in [2.75, 3.05) is 0 Å². The summed E-state index contributed by atoms with van der Waals surface area (Å²) in [7, 11) is 0. The second kappa shape index (κ2) is 9.77. The van der Waals surface area contributed by atoms with Gasteiger partial charge in [0, 0.05) is 12.5 Å². The molecule has 0 bridgehead atoms. The Kier molecular flexibility index (Phi) is 9.26. The van der Waals surface area contributed by atoms with Crippen LogP contribution in [0.3, 0.4) is 0 Å². The fourth-order valence-corrected chi connectivity index (χ4v) is 2.95. The Morgan fingerprint density at radius 1 is 1.19 bits per heavy atom. The highest BCUT2D eigenvalue weighted by atomic mass is 16.1. The largest absolute Gasteiger partial charge is 0.388 e. The molecule has 5 heteroatoms.